The van der Waals surface area contributed by atoms with Crippen molar-refractivity contribution in [2.24, 2.45) is 5.73 Å². The average molecular weight is 241 g/mol. The summed E-state index contributed by atoms with van der Waals surface area (Å²) in [4.78, 5) is 10.9. The molecule has 0 aliphatic carbocycles. The highest BCUT2D eigenvalue weighted by atomic mass is 16.5. The Kier molecular flexibility index (Phi) is 5.58. The monoisotopic (exact) mass is 241 g/mol. The normalized spacial score (nSPS) is 10.8. The molecule has 17 heavy (non-hydrogen) atoms. The zero-order valence-electron chi connectivity index (χ0n) is 10.2. The summed E-state index contributed by atoms with van der Waals surface area (Å²) in [6.07, 6.45) is 1.99. The first kappa shape index (κ1) is 13.6. The molecule has 3 N–H and O–H groups in total. The van der Waals surface area contributed by atoms with Gasteiger partial charge in [0.15, 0.2) is 0 Å². The molecular formula is C10H19N5O2. The minimum Gasteiger partial charge on any atom is -0.377 e. The first-order valence-electron chi connectivity index (χ1n) is 5.59. The van der Waals surface area contributed by atoms with Gasteiger partial charge in [0.25, 0.3) is 0 Å². The Hall–Kier alpha value is -1.47. The molecule has 7 heteroatoms. The first-order chi connectivity index (χ1) is 8.11. The van der Waals surface area contributed by atoms with Crippen molar-refractivity contribution in [3.63, 3.8) is 0 Å². The number of ether oxygens (including phenoxy) is 1. The van der Waals surface area contributed by atoms with Crippen LogP contribution in [-0.2, 0) is 22.6 Å². The van der Waals surface area contributed by atoms with E-state index in [-0.39, 0.29) is 18.6 Å². The van der Waals surface area contributed by atoms with Crippen molar-refractivity contribution < 1.29 is 9.53 Å². The topological polar surface area (TPSA) is 95.1 Å². The zero-order chi connectivity index (χ0) is 12.7. The molecule has 0 atom stereocenters. The van der Waals surface area contributed by atoms with E-state index in [1.54, 1.807) is 10.9 Å². The van der Waals surface area contributed by atoms with E-state index < -0.39 is 0 Å². The molecule has 0 radical (unpaired) electrons. The summed E-state index contributed by atoms with van der Waals surface area (Å²) >= 11 is 0. The Morgan fingerprint density at radius 3 is 3.06 bits per heavy atom. The number of carbonyl (C=O) groups excluding carboxylic acids is 1. The van der Waals surface area contributed by atoms with Crippen molar-refractivity contribution in [2.75, 3.05) is 13.2 Å². The fraction of sp³-hybridized carbons (Fsp3) is 0.700. The summed E-state index contributed by atoms with van der Waals surface area (Å²) in [5, 5.41) is 10.5. The van der Waals surface area contributed by atoms with Gasteiger partial charge in [-0.2, -0.15) is 0 Å². The van der Waals surface area contributed by atoms with Gasteiger partial charge in [0.2, 0.25) is 5.91 Å². The van der Waals surface area contributed by atoms with E-state index in [1.807, 2.05) is 13.8 Å². The van der Waals surface area contributed by atoms with E-state index in [0.717, 1.165) is 0 Å². The lowest BCUT2D eigenvalue weighted by atomic mass is 10.4. The molecule has 0 saturated carbocycles. The van der Waals surface area contributed by atoms with Crippen LogP contribution >= 0.6 is 0 Å². The Morgan fingerprint density at radius 1 is 1.65 bits per heavy atom. The number of nitrogens with zero attached hydrogens (tertiary/aromatic N) is 3. The van der Waals surface area contributed by atoms with Crippen LogP contribution < -0.4 is 11.1 Å². The Bertz CT molecular complexity index is 350. The molecular weight excluding hydrogens is 222 g/mol. The second-order valence-corrected chi connectivity index (χ2v) is 3.87. The molecule has 0 fully saturated rings. The number of rotatable bonds is 7. The van der Waals surface area contributed by atoms with Crippen molar-refractivity contribution in [2.45, 2.75) is 33.0 Å². The zero-order valence-corrected chi connectivity index (χ0v) is 10.2. The summed E-state index contributed by atoms with van der Waals surface area (Å²) in [6, 6.07) is 0. The molecule has 1 amide bonds. The summed E-state index contributed by atoms with van der Waals surface area (Å²) in [6.45, 7) is 5.54. The molecule has 96 valence electrons. The van der Waals surface area contributed by atoms with Crippen LogP contribution in [0.5, 0.6) is 0 Å². The molecule has 1 aromatic heterocycles. The van der Waals surface area contributed by atoms with Gasteiger partial charge in [-0.3, -0.25) is 4.79 Å². The lowest BCUT2D eigenvalue weighted by Gasteiger charge is -2.06. The molecule has 1 aromatic rings. The SMILES string of the molecule is CC(C)OCCn1cc(CNC(=O)CN)nn1. The second kappa shape index (κ2) is 6.97. The van der Waals surface area contributed by atoms with Gasteiger partial charge in [-0.25, -0.2) is 4.68 Å². The lowest BCUT2D eigenvalue weighted by molar-refractivity contribution is -0.119. The molecule has 0 aliphatic rings. The number of amides is 1. The van der Waals surface area contributed by atoms with Gasteiger partial charge >= 0.3 is 0 Å². The molecule has 1 heterocycles. The summed E-state index contributed by atoms with van der Waals surface area (Å²) in [5.74, 6) is -0.206. The van der Waals surface area contributed by atoms with Gasteiger partial charge in [-0.15, -0.1) is 5.10 Å². The summed E-state index contributed by atoms with van der Waals surface area (Å²) < 4.78 is 7.08. The molecule has 7 nitrogen and oxygen atoms in total. The molecule has 0 aromatic carbocycles. The number of nitrogens with two attached hydrogens (primary N) is 1. The predicted molar refractivity (Wildman–Crippen MR) is 62.0 cm³/mol. The standard InChI is InChI=1S/C10H19N5O2/c1-8(2)17-4-3-15-7-9(13-14-15)6-12-10(16)5-11/h7-8H,3-6,11H2,1-2H3,(H,12,16). The third-order valence-electron chi connectivity index (χ3n) is 2.01. The van der Waals surface area contributed by atoms with Crippen LogP contribution in [0.3, 0.4) is 0 Å². The molecule has 0 spiro atoms. The average Bonchev–Trinajstić information content (AvgIpc) is 2.73. The molecule has 1 rings (SSSR count). The third-order valence-corrected chi connectivity index (χ3v) is 2.01. The Balaban J connectivity index is 2.30. The van der Waals surface area contributed by atoms with Crippen molar-refractivity contribution in [1.82, 2.24) is 20.3 Å². The highest BCUT2D eigenvalue weighted by Gasteiger charge is 2.03. The van der Waals surface area contributed by atoms with E-state index in [4.69, 9.17) is 10.5 Å². The predicted octanol–water partition coefficient (Wildman–Crippen LogP) is -0.722. The van der Waals surface area contributed by atoms with Crippen LogP contribution in [-0.4, -0.2) is 40.2 Å². The van der Waals surface area contributed by atoms with Crippen molar-refractivity contribution >= 4 is 5.91 Å². The Morgan fingerprint density at radius 2 is 2.41 bits per heavy atom. The van der Waals surface area contributed by atoms with Crippen LogP contribution in [0.25, 0.3) is 0 Å². The highest BCUT2D eigenvalue weighted by Crippen LogP contribution is 1.94. The number of hydrogen-bond donors (Lipinski definition) is 2. The van der Waals surface area contributed by atoms with E-state index in [9.17, 15) is 4.79 Å². The second-order valence-electron chi connectivity index (χ2n) is 3.87. The fourth-order valence-electron chi connectivity index (χ4n) is 1.17. The largest absolute Gasteiger partial charge is 0.377 e. The smallest absolute Gasteiger partial charge is 0.234 e. The van der Waals surface area contributed by atoms with Crippen LogP contribution in [0.1, 0.15) is 19.5 Å². The minimum atomic E-state index is -0.206. The van der Waals surface area contributed by atoms with Gasteiger partial charge in [-0.05, 0) is 13.8 Å². The van der Waals surface area contributed by atoms with Crippen LogP contribution in [0, 0.1) is 0 Å². The van der Waals surface area contributed by atoms with Gasteiger partial charge in [-0.1, -0.05) is 5.21 Å². The quantitative estimate of drug-likeness (QED) is 0.656. The molecule has 0 aliphatic heterocycles. The fourth-order valence-corrected chi connectivity index (χ4v) is 1.17. The van der Waals surface area contributed by atoms with Crippen LogP contribution in [0.2, 0.25) is 0 Å². The van der Waals surface area contributed by atoms with E-state index in [2.05, 4.69) is 15.6 Å². The number of aromatic nitrogens is 3. The summed E-state index contributed by atoms with van der Waals surface area (Å²) in [7, 11) is 0. The van der Waals surface area contributed by atoms with Crippen molar-refractivity contribution in [3.05, 3.63) is 11.9 Å². The maximum Gasteiger partial charge on any atom is 0.234 e. The van der Waals surface area contributed by atoms with Crippen LogP contribution in [0.4, 0.5) is 0 Å². The van der Waals surface area contributed by atoms with Crippen molar-refractivity contribution in [3.8, 4) is 0 Å². The van der Waals surface area contributed by atoms with E-state index >= 15 is 0 Å². The Labute approximate surface area is 100 Å². The van der Waals surface area contributed by atoms with Crippen LogP contribution in [0.15, 0.2) is 6.20 Å². The highest BCUT2D eigenvalue weighted by molar-refractivity contribution is 5.77. The van der Waals surface area contributed by atoms with Gasteiger partial charge in [0.1, 0.15) is 5.69 Å². The number of hydrogen-bond acceptors (Lipinski definition) is 5. The number of nitrogens with one attached hydrogen (secondary N) is 1. The third kappa shape index (κ3) is 5.41. The molecule has 0 unspecified atom stereocenters. The number of carbonyl (C=O) groups is 1. The maximum atomic E-state index is 10.9. The molecule has 0 saturated heterocycles. The van der Waals surface area contributed by atoms with E-state index in [0.29, 0.717) is 25.4 Å². The van der Waals surface area contributed by atoms with Gasteiger partial charge < -0.3 is 15.8 Å². The van der Waals surface area contributed by atoms with Crippen molar-refractivity contribution in [1.29, 1.82) is 0 Å². The van der Waals surface area contributed by atoms with E-state index in [1.165, 1.54) is 0 Å². The molecule has 0 bridgehead atoms. The first-order valence-corrected chi connectivity index (χ1v) is 5.59. The maximum absolute atomic E-state index is 10.9. The van der Waals surface area contributed by atoms with Gasteiger partial charge in [0.05, 0.1) is 38.5 Å². The summed E-state index contributed by atoms with van der Waals surface area (Å²) in [5.41, 5.74) is 5.87. The minimum absolute atomic E-state index is 0.0175. The van der Waals surface area contributed by atoms with Gasteiger partial charge in [0, 0.05) is 0 Å². The lowest BCUT2D eigenvalue weighted by Crippen LogP contribution is -2.29.